The summed E-state index contributed by atoms with van der Waals surface area (Å²) in [5, 5.41) is 36.6. The van der Waals surface area contributed by atoms with Crippen LogP contribution in [0.1, 0.15) is 12.8 Å². The first-order valence-corrected chi connectivity index (χ1v) is 8.75. The van der Waals surface area contributed by atoms with E-state index in [-0.39, 0.29) is 76.6 Å². The summed E-state index contributed by atoms with van der Waals surface area (Å²) in [7, 11) is 0. The maximum atomic E-state index is 12.9. The van der Waals surface area contributed by atoms with Crippen molar-refractivity contribution in [3.05, 3.63) is 0 Å². The average Bonchev–Trinajstić information content (AvgIpc) is 3.21. The van der Waals surface area contributed by atoms with Crippen LogP contribution in [0.5, 0.6) is 0 Å². The van der Waals surface area contributed by atoms with Crippen molar-refractivity contribution in [2.45, 2.75) is 25.0 Å². The molecule has 2 fully saturated rings. The number of ether oxygens (including phenoxy) is 1. The lowest BCUT2D eigenvalue weighted by Crippen LogP contribution is -2.51. The number of aliphatic hydroxyl groups excluding tert-OH is 4. The lowest BCUT2D eigenvalue weighted by atomic mass is 9.77. The Morgan fingerprint density at radius 3 is 1.32 bits per heavy atom. The normalized spacial score (nSPS) is 27.5. The maximum Gasteiger partial charge on any atom is 0.229 e. The molecule has 0 aromatic rings. The van der Waals surface area contributed by atoms with Crippen LogP contribution in [0.25, 0.3) is 0 Å². The van der Waals surface area contributed by atoms with E-state index in [0.717, 1.165) is 0 Å². The van der Waals surface area contributed by atoms with Gasteiger partial charge in [-0.05, 0) is 12.8 Å². The Morgan fingerprint density at radius 2 is 1.04 bits per heavy atom. The van der Waals surface area contributed by atoms with Gasteiger partial charge in [-0.1, -0.05) is 0 Å². The second-order valence-electron chi connectivity index (χ2n) is 6.39. The summed E-state index contributed by atoms with van der Waals surface area (Å²) in [5.74, 6) is -1.93. The van der Waals surface area contributed by atoms with E-state index in [1.165, 1.54) is 9.80 Å². The van der Waals surface area contributed by atoms with E-state index in [1.807, 2.05) is 0 Å². The monoisotopic (exact) mass is 360 g/mol. The molecule has 9 nitrogen and oxygen atoms in total. The lowest BCUT2D eigenvalue weighted by Gasteiger charge is -2.34. The molecular weight excluding hydrogens is 332 g/mol. The summed E-state index contributed by atoms with van der Waals surface area (Å²) in [6.07, 6.45) is 0.682. The van der Waals surface area contributed by atoms with Gasteiger partial charge < -0.3 is 35.0 Å². The number of hydrogen-bond donors (Lipinski definition) is 4. The Kier molecular flexibility index (Phi) is 7.57. The van der Waals surface area contributed by atoms with Crippen LogP contribution >= 0.6 is 0 Å². The van der Waals surface area contributed by atoms with Crippen molar-refractivity contribution < 1.29 is 34.8 Å². The summed E-state index contributed by atoms with van der Waals surface area (Å²) >= 11 is 0. The van der Waals surface area contributed by atoms with E-state index in [9.17, 15) is 9.59 Å². The molecule has 9 heteroatoms. The van der Waals surface area contributed by atoms with Crippen molar-refractivity contribution in [2.24, 2.45) is 11.8 Å². The Labute approximate surface area is 146 Å². The van der Waals surface area contributed by atoms with Gasteiger partial charge >= 0.3 is 0 Å². The number of rotatable bonds is 10. The van der Waals surface area contributed by atoms with E-state index in [1.54, 1.807) is 0 Å². The van der Waals surface area contributed by atoms with E-state index in [4.69, 9.17) is 25.2 Å². The highest BCUT2D eigenvalue weighted by molar-refractivity contribution is 5.89. The van der Waals surface area contributed by atoms with Gasteiger partial charge in [-0.3, -0.25) is 9.59 Å². The number of carbonyl (C=O) groups is 2. The number of amides is 2. The summed E-state index contributed by atoms with van der Waals surface area (Å²) in [6.45, 7) is -0.562. The smallest absolute Gasteiger partial charge is 0.229 e. The molecule has 4 N–H and O–H groups in total. The second kappa shape index (κ2) is 9.44. The van der Waals surface area contributed by atoms with E-state index < -0.39 is 11.8 Å². The molecule has 0 spiro atoms. The minimum absolute atomic E-state index is 0.0885. The van der Waals surface area contributed by atoms with Gasteiger partial charge in [0, 0.05) is 26.2 Å². The van der Waals surface area contributed by atoms with Crippen LogP contribution in [-0.2, 0) is 14.3 Å². The Balaban J connectivity index is 2.19. The summed E-state index contributed by atoms with van der Waals surface area (Å²) in [6, 6.07) is 0. The predicted molar refractivity (Wildman–Crippen MR) is 86.4 cm³/mol. The van der Waals surface area contributed by atoms with E-state index in [2.05, 4.69) is 0 Å². The Bertz CT molecular complexity index is 410. The first-order valence-electron chi connectivity index (χ1n) is 8.75. The maximum absolute atomic E-state index is 12.9. The van der Waals surface area contributed by atoms with Crippen LogP contribution in [0.3, 0.4) is 0 Å². The van der Waals surface area contributed by atoms with Crippen LogP contribution < -0.4 is 0 Å². The van der Waals surface area contributed by atoms with Gasteiger partial charge in [0.1, 0.15) is 0 Å². The molecule has 0 aliphatic carbocycles. The fraction of sp³-hybridized carbons (Fsp3) is 0.875. The summed E-state index contributed by atoms with van der Waals surface area (Å²) in [5.41, 5.74) is 0. The van der Waals surface area contributed by atoms with Crippen molar-refractivity contribution in [3.8, 4) is 0 Å². The molecule has 2 amide bonds. The SMILES string of the molecule is O=C(C1C2CCC(O2)C1C(=O)N(CCO)CCO)N(CCO)CCO. The largest absolute Gasteiger partial charge is 0.395 e. The van der Waals surface area contributed by atoms with Gasteiger partial charge in [0.15, 0.2) is 0 Å². The van der Waals surface area contributed by atoms with Gasteiger partial charge in [-0.15, -0.1) is 0 Å². The predicted octanol–water partition coefficient (Wildman–Crippen LogP) is -2.59. The fourth-order valence-corrected chi connectivity index (χ4v) is 3.87. The number of aliphatic hydroxyl groups is 4. The van der Waals surface area contributed by atoms with Crippen molar-refractivity contribution in [1.29, 1.82) is 0 Å². The van der Waals surface area contributed by atoms with Crippen LogP contribution in [0, 0.1) is 11.8 Å². The minimum atomic E-state index is -0.663. The number of carbonyl (C=O) groups excluding carboxylic acids is 2. The number of hydrogen-bond acceptors (Lipinski definition) is 7. The van der Waals surface area contributed by atoms with Crippen molar-refractivity contribution in [3.63, 3.8) is 0 Å². The Hall–Kier alpha value is -1.26. The van der Waals surface area contributed by atoms with Crippen LogP contribution in [0.2, 0.25) is 0 Å². The standard InChI is InChI=1S/C16H28N2O7/c19-7-3-17(4-8-20)15(23)13-11-1-2-12(25-11)14(13)16(24)18(5-9-21)6-10-22/h11-14,19-22H,1-10H2. The molecule has 2 saturated heterocycles. The van der Waals surface area contributed by atoms with Gasteiger partial charge in [0.25, 0.3) is 0 Å². The third kappa shape index (κ3) is 4.29. The first-order chi connectivity index (χ1) is 12.1. The van der Waals surface area contributed by atoms with Gasteiger partial charge in [0.2, 0.25) is 11.8 Å². The summed E-state index contributed by atoms with van der Waals surface area (Å²) < 4.78 is 5.81. The molecule has 144 valence electrons. The zero-order valence-corrected chi connectivity index (χ0v) is 14.3. The number of nitrogens with zero attached hydrogens (tertiary/aromatic N) is 2. The van der Waals surface area contributed by atoms with Crippen molar-refractivity contribution >= 4 is 11.8 Å². The highest BCUT2D eigenvalue weighted by Crippen LogP contribution is 2.45. The van der Waals surface area contributed by atoms with Crippen LogP contribution in [0.15, 0.2) is 0 Å². The quantitative estimate of drug-likeness (QED) is 0.336. The van der Waals surface area contributed by atoms with Gasteiger partial charge in [0.05, 0.1) is 50.5 Å². The zero-order chi connectivity index (χ0) is 18.4. The summed E-state index contributed by atoms with van der Waals surface area (Å²) in [4.78, 5) is 28.6. The molecule has 0 radical (unpaired) electrons. The van der Waals surface area contributed by atoms with Crippen molar-refractivity contribution in [1.82, 2.24) is 9.80 Å². The molecule has 2 aliphatic heterocycles. The molecule has 25 heavy (non-hydrogen) atoms. The molecule has 2 aliphatic rings. The fourth-order valence-electron chi connectivity index (χ4n) is 3.87. The van der Waals surface area contributed by atoms with Crippen LogP contribution in [-0.4, -0.2) is 107 Å². The molecule has 0 saturated carbocycles. The minimum Gasteiger partial charge on any atom is -0.395 e. The molecule has 2 bridgehead atoms. The average molecular weight is 360 g/mol. The van der Waals surface area contributed by atoms with E-state index >= 15 is 0 Å². The number of fused-ring (bicyclic) bond motifs is 2. The molecule has 4 unspecified atom stereocenters. The highest BCUT2D eigenvalue weighted by atomic mass is 16.5. The molecule has 4 atom stereocenters. The molecule has 2 rings (SSSR count). The van der Waals surface area contributed by atoms with Gasteiger partial charge in [-0.2, -0.15) is 0 Å². The topological polar surface area (TPSA) is 131 Å². The first kappa shape index (κ1) is 20.1. The highest BCUT2D eigenvalue weighted by Gasteiger charge is 2.56. The molecular formula is C16H28N2O7. The van der Waals surface area contributed by atoms with Crippen molar-refractivity contribution in [2.75, 3.05) is 52.6 Å². The van der Waals surface area contributed by atoms with Gasteiger partial charge in [-0.25, -0.2) is 0 Å². The Morgan fingerprint density at radius 1 is 0.720 bits per heavy atom. The lowest BCUT2D eigenvalue weighted by molar-refractivity contribution is -0.147. The second-order valence-corrected chi connectivity index (χ2v) is 6.39. The zero-order valence-electron chi connectivity index (χ0n) is 14.3. The molecule has 2 heterocycles. The third-order valence-electron chi connectivity index (χ3n) is 4.95. The van der Waals surface area contributed by atoms with E-state index in [0.29, 0.717) is 12.8 Å². The third-order valence-corrected chi connectivity index (χ3v) is 4.95. The molecule has 0 aromatic carbocycles. The molecule has 0 aromatic heterocycles. The van der Waals surface area contributed by atoms with Crippen LogP contribution in [0.4, 0.5) is 0 Å².